The fourth-order valence-electron chi connectivity index (χ4n) is 4.02. The number of hydrogen-bond donors (Lipinski definition) is 2. The summed E-state index contributed by atoms with van der Waals surface area (Å²) in [5, 5.41) is 5.44. The quantitative estimate of drug-likeness (QED) is 0.308. The minimum atomic E-state index is -1.05. The maximum absolute atomic E-state index is 14.1. The highest BCUT2D eigenvalue weighted by molar-refractivity contribution is 5.92. The average Bonchev–Trinajstić information content (AvgIpc) is 2.90. The van der Waals surface area contributed by atoms with Gasteiger partial charge >= 0.3 is 12.1 Å². The molecule has 2 unspecified atom stereocenters. The Bertz CT molecular complexity index is 1180. The maximum Gasteiger partial charge on any atom is 0.408 e. The molecule has 214 valence electrons. The Morgan fingerprint density at radius 2 is 1.65 bits per heavy atom. The van der Waals surface area contributed by atoms with E-state index in [0.717, 1.165) is 5.56 Å². The number of carbonyl (C=O) groups excluding carboxylic acids is 4. The molecule has 2 atom stereocenters. The Morgan fingerprint density at radius 3 is 2.20 bits per heavy atom. The molecule has 0 aliphatic rings. The highest BCUT2D eigenvalue weighted by Crippen LogP contribution is 2.24. The van der Waals surface area contributed by atoms with Gasteiger partial charge in [-0.3, -0.25) is 14.4 Å². The van der Waals surface area contributed by atoms with Crippen LogP contribution in [0.1, 0.15) is 63.8 Å². The second-order valence-electron chi connectivity index (χ2n) is 10.0. The minimum Gasteiger partial charge on any atom is -0.466 e. The van der Waals surface area contributed by atoms with E-state index >= 15 is 0 Å². The van der Waals surface area contributed by atoms with Crippen molar-refractivity contribution >= 4 is 23.9 Å². The van der Waals surface area contributed by atoms with E-state index in [2.05, 4.69) is 16.6 Å². The Hall–Kier alpha value is -4.32. The summed E-state index contributed by atoms with van der Waals surface area (Å²) in [5.74, 6) is 1.15. The van der Waals surface area contributed by atoms with Crippen LogP contribution in [0.3, 0.4) is 0 Å². The number of esters is 1. The molecule has 0 radical (unpaired) electrons. The van der Waals surface area contributed by atoms with Crippen LogP contribution in [-0.2, 0) is 30.3 Å². The standard InChI is InChI=1S/C31H39N3O6/c1-7-22-15-17-24(18-16-22)27(28(36)32-20-19-26(35)39-9-3)34(8-2)29(37)25(21-23-13-11-10-12-14-23)33-30(38)40-31(4,5)6/h1,10-18,25,27H,8-9,19-21H2,2-6H3,(H,32,36)(H,33,38). The van der Waals surface area contributed by atoms with E-state index in [1.807, 2.05) is 30.3 Å². The van der Waals surface area contributed by atoms with Crippen LogP contribution in [0.4, 0.5) is 4.79 Å². The summed E-state index contributed by atoms with van der Waals surface area (Å²) in [7, 11) is 0. The van der Waals surface area contributed by atoms with Gasteiger partial charge in [0.25, 0.3) is 0 Å². The normalized spacial score (nSPS) is 12.3. The molecule has 2 rings (SSSR count). The average molecular weight is 550 g/mol. The molecular weight excluding hydrogens is 510 g/mol. The summed E-state index contributed by atoms with van der Waals surface area (Å²) < 4.78 is 10.4. The van der Waals surface area contributed by atoms with Crippen LogP contribution in [-0.4, -0.2) is 60.1 Å². The van der Waals surface area contributed by atoms with Gasteiger partial charge in [0, 0.05) is 25.1 Å². The van der Waals surface area contributed by atoms with Crippen molar-refractivity contribution in [2.75, 3.05) is 19.7 Å². The van der Waals surface area contributed by atoms with E-state index in [9.17, 15) is 19.2 Å². The van der Waals surface area contributed by atoms with Crippen LogP contribution in [0.25, 0.3) is 0 Å². The number of alkyl carbamates (subject to hydrolysis) is 1. The van der Waals surface area contributed by atoms with E-state index in [4.69, 9.17) is 15.9 Å². The molecule has 2 N–H and O–H groups in total. The first-order valence-electron chi connectivity index (χ1n) is 13.3. The zero-order chi connectivity index (χ0) is 29.7. The lowest BCUT2D eigenvalue weighted by Gasteiger charge is -2.34. The van der Waals surface area contributed by atoms with Crippen LogP contribution in [0.2, 0.25) is 0 Å². The van der Waals surface area contributed by atoms with Gasteiger partial charge in [-0.05, 0) is 57.9 Å². The van der Waals surface area contributed by atoms with E-state index < -0.39 is 41.6 Å². The Balaban J connectivity index is 2.42. The van der Waals surface area contributed by atoms with Crippen LogP contribution in [0.5, 0.6) is 0 Å². The smallest absolute Gasteiger partial charge is 0.408 e. The number of hydrogen-bond acceptors (Lipinski definition) is 6. The van der Waals surface area contributed by atoms with Gasteiger partial charge in [-0.2, -0.15) is 0 Å². The minimum absolute atomic E-state index is 0.0146. The fraction of sp³-hybridized carbons (Fsp3) is 0.419. The predicted molar refractivity (Wildman–Crippen MR) is 152 cm³/mol. The maximum atomic E-state index is 14.1. The van der Waals surface area contributed by atoms with Gasteiger partial charge in [0.1, 0.15) is 17.7 Å². The third kappa shape index (κ3) is 10.1. The number of nitrogens with zero attached hydrogens (tertiary/aromatic N) is 1. The van der Waals surface area contributed by atoms with Gasteiger partial charge in [-0.1, -0.05) is 48.4 Å². The van der Waals surface area contributed by atoms with Crippen molar-refractivity contribution in [2.24, 2.45) is 0 Å². The van der Waals surface area contributed by atoms with Crippen molar-refractivity contribution in [1.29, 1.82) is 0 Å². The van der Waals surface area contributed by atoms with E-state index in [1.165, 1.54) is 4.90 Å². The van der Waals surface area contributed by atoms with Crippen molar-refractivity contribution in [2.45, 2.75) is 65.1 Å². The first kappa shape index (κ1) is 31.9. The van der Waals surface area contributed by atoms with Gasteiger partial charge < -0.3 is 25.0 Å². The Labute approximate surface area is 236 Å². The largest absolute Gasteiger partial charge is 0.466 e. The summed E-state index contributed by atoms with van der Waals surface area (Å²) in [5.41, 5.74) is 1.20. The summed E-state index contributed by atoms with van der Waals surface area (Å²) >= 11 is 0. The Morgan fingerprint density at radius 1 is 1.00 bits per heavy atom. The van der Waals surface area contributed by atoms with Crippen LogP contribution >= 0.6 is 0 Å². The molecule has 3 amide bonds. The number of ether oxygens (including phenoxy) is 2. The van der Waals surface area contributed by atoms with Crippen LogP contribution < -0.4 is 10.6 Å². The summed E-state index contributed by atoms with van der Waals surface area (Å²) in [6.07, 6.45) is 4.93. The first-order chi connectivity index (χ1) is 19.0. The molecule has 0 aromatic heterocycles. The number of carbonyl (C=O) groups is 4. The second-order valence-corrected chi connectivity index (χ2v) is 10.0. The highest BCUT2D eigenvalue weighted by atomic mass is 16.6. The van der Waals surface area contributed by atoms with Gasteiger partial charge in [-0.15, -0.1) is 6.42 Å². The van der Waals surface area contributed by atoms with E-state index in [0.29, 0.717) is 11.1 Å². The molecular formula is C31H39N3O6. The molecule has 0 heterocycles. The molecule has 0 bridgehead atoms. The predicted octanol–water partition coefficient (Wildman–Crippen LogP) is 3.76. The molecule has 0 fully saturated rings. The highest BCUT2D eigenvalue weighted by Gasteiger charge is 2.35. The van der Waals surface area contributed by atoms with Crippen molar-refractivity contribution in [3.8, 4) is 12.3 Å². The summed E-state index contributed by atoms with van der Waals surface area (Å²) in [4.78, 5) is 53.5. The number of terminal acetylenes is 1. The molecule has 0 saturated heterocycles. The van der Waals surface area contributed by atoms with Crippen LogP contribution in [0, 0.1) is 12.3 Å². The SMILES string of the molecule is C#Cc1ccc(C(C(=O)NCCC(=O)OCC)N(CC)C(=O)C(Cc2ccccc2)NC(=O)OC(C)(C)C)cc1. The lowest BCUT2D eigenvalue weighted by atomic mass is 9.99. The van der Waals surface area contributed by atoms with Gasteiger partial charge in [-0.25, -0.2) is 4.79 Å². The number of amides is 3. The van der Waals surface area contributed by atoms with Crippen molar-refractivity contribution in [1.82, 2.24) is 15.5 Å². The first-order valence-corrected chi connectivity index (χ1v) is 13.3. The summed E-state index contributed by atoms with van der Waals surface area (Å²) in [6, 6.07) is 13.9. The summed E-state index contributed by atoms with van der Waals surface area (Å²) in [6.45, 7) is 9.08. The number of rotatable bonds is 12. The molecule has 0 aliphatic heterocycles. The molecule has 40 heavy (non-hydrogen) atoms. The van der Waals surface area contributed by atoms with Gasteiger partial charge in [0.2, 0.25) is 11.8 Å². The zero-order valence-corrected chi connectivity index (χ0v) is 23.9. The fourth-order valence-corrected chi connectivity index (χ4v) is 4.02. The number of nitrogens with one attached hydrogen (secondary N) is 2. The molecule has 0 saturated carbocycles. The van der Waals surface area contributed by atoms with E-state index in [-0.39, 0.29) is 32.5 Å². The van der Waals surface area contributed by atoms with Gasteiger partial charge in [0.15, 0.2) is 0 Å². The number of benzene rings is 2. The van der Waals surface area contributed by atoms with Crippen LogP contribution in [0.15, 0.2) is 54.6 Å². The molecule has 9 nitrogen and oxygen atoms in total. The van der Waals surface area contributed by atoms with Gasteiger partial charge in [0.05, 0.1) is 13.0 Å². The van der Waals surface area contributed by atoms with Crippen molar-refractivity contribution in [3.05, 3.63) is 71.3 Å². The lowest BCUT2D eigenvalue weighted by molar-refractivity contribution is -0.144. The third-order valence-electron chi connectivity index (χ3n) is 5.78. The topological polar surface area (TPSA) is 114 Å². The monoisotopic (exact) mass is 549 g/mol. The molecule has 0 aliphatic carbocycles. The van der Waals surface area contributed by atoms with Crippen molar-refractivity contribution in [3.63, 3.8) is 0 Å². The second kappa shape index (κ2) is 15.3. The molecule has 9 heteroatoms. The van der Waals surface area contributed by atoms with Crippen molar-refractivity contribution < 1.29 is 28.7 Å². The molecule has 2 aromatic carbocycles. The zero-order valence-electron chi connectivity index (χ0n) is 23.9. The lowest BCUT2D eigenvalue weighted by Crippen LogP contribution is -2.53. The third-order valence-corrected chi connectivity index (χ3v) is 5.78. The molecule has 0 spiro atoms. The number of likely N-dealkylation sites (N-methyl/N-ethyl adjacent to an activating group) is 1. The van der Waals surface area contributed by atoms with E-state index in [1.54, 1.807) is 58.9 Å². The Kier molecular flexibility index (Phi) is 12.2. The molecule has 2 aromatic rings.